The van der Waals surface area contributed by atoms with E-state index < -0.39 is 0 Å². The van der Waals surface area contributed by atoms with Crippen molar-refractivity contribution in [3.05, 3.63) is 42.1 Å². The Morgan fingerprint density at radius 3 is 3.17 bits per heavy atom. The SMILES string of the molecule is CCCn1nccc1NC(=O)[C@H]1C[C@@]12CCOc1ccccc12. The first-order chi connectivity index (χ1) is 11.2. The lowest BCUT2D eigenvalue weighted by atomic mass is 9.87. The fourth-order valence-electron chi connectivity index (χ4n) is 3.75. The molecule has 120 valence electrons. The van der Waals surface area contributed by atoms with Crippen molar-refractivity contribution in [2.24, 2.45) is 5.92 Å². The number of fused-ring (bicyclic) bond motifs is 2. The molecule has 23 heavy (non-hydrogen) atoms. The number of nitrogens with one attached hydrogen (secondary N) is 1. The van der Waals surface area contributed by atoms with Gasteiger partial charge in [-0.1, -0.05) is 25.1 Å². The van der Waals surface area contributed by atoms with Crippen LogP contribution in [0.3, 0.4) is 0 Å². The second-order valence-electron chi connectivity index (χ2n) is 6.44. The average molecular weight is 311 g/mol. The summed E-state index contributed by atoms with van der Waals surface area (Å²) in [6.45, 7) is 3.60. The first-order valence-electron chi connectivity index (χ1n) is 8.29. The molecule has 4 rings (SSSR count). The van der Waals surface area contributed by atoms with Gasteiger partial charge in [0.15, 0.2) is 0 Å². The average Bonchev–Trinajstić information content (AvgIpc) is 3.12. The zero-order chi connectivity index (χ0) is 15.9. The molecule has 1 aliphatic carbocycles. The van der Waals surface area contributed by atoms with Gasteiger partial charge in [-0.15, -0.1) is 0 Å². The Morgan fingerprint density at radius 2 is 2.30 bits per heavy atom. The molecule has 0 bridgehead atoms. The Balaban J connectivity index is 1.53. The minimum atomic E-state index is -0.0332. The number of hydrogen-bond donors (Lipinski definition) is 1. The van der Waals surface area contributed by atoms with Crippen molar-refractivity contribution in [1.82, 2.24) is 9.78 Å². The molecule has 1 aliphatic heterocycles. The molecule has 1 aromatic heterocycles. The number of carbonyl (C=O) groups excluding carboxylic acids is 1. The molecular weight excluding hydrogens is 290 g/mol. The summed E-state index contributed by atoms with van der Waals surface area (Å²) in [7, 11) is 0. The summed E-state index contributed by atoms with van der Waals surface area (Å²) in [6, 6.07) is 9.97. The number of amides is 1. The summed E-state index contributed by atoms with van der Waals surface area (Å²) in [6.07, 6.45) is 4.54. The highest BCUT2D eigenvalue weighted by Gasteiger charge is 2.61. The van der Waals surface area contributed by atoms with E-state index in [1.807, 2.05) is 28.9 Å². The zero-order valence-corrected chi connectivity index (χ0v) is 13.3. The van der Waals surface area contributed by atoms with Gasteiger partial charge in [0.2, 0.25) is 5.91 Å². The van der Waals surface area contributed by atoms with Crippen LogP contribution >= 0.6 is 0 Å². The van der Waals surface area contributed by atoms with Crippen molar-refractivity contribution in [3.63, 3.8) is 0 Å². The van der Waals surface area contributed by atoms with Crippen LogP contribution in [0.4, 0.5) is 5.82 Å². The Kier molecular flexibility index (Phi) is 3.36. The summed E-state index contributed by atoms with van der Waals surface area (Å²) in [5.74, 6) is 1.85. The fraction of sp³-hybridized carbons (Fsp3) is 0.444. The monoisotopic (exact) mass is 311 g/mol. The molecule has 5 nitrogen and oxygen atoms in total. The number of para-hydroxylation sites is 1. The lowest BCUT2D eigenvalue weighted by Crippen LogP contribution is -2.27. The third-order valence-corrected chi connectivity index (χ3v) is 5.02. The van der Waals surface area contributed by atoms with Gasteiger partial charge in [-0.25, -0.2) is 4.68 Å². The van der Waals surface area contributed by atoms with Crippen molar-refractivity contribution in [1.29, 1.82) is 0 Å². The third kappa shape index (κ3) is 2.31. The summed E-state index contributed by atoms with van der Waals surface area (Å²) in [4.78, 5) is 12.7. The van der Waals surface area contributed by atoms with Gasteiger partial charge in [-0.05, 0) is 25.3 Å². The number of hydrogen-bond acceptors (Lipinski definition) is 3. The first-order valence-corrected chi connectivity index (χ1v) is 8.29. The fourth-order valence-corrected chi connectivity index (χ4v) is 3.75. The van der Waals surface area contributed by atoms with Gasteiger partial charge in [0.05, 0.1) is 12.8 Å². The maximum absolute atomic E-state index is 12.7. The van der Waals surface area contributed by atoms with E-state index >= 15 is 0 Å². The number of aromatic nitrogens is 2. The van der Waals surface area contributed by atoms with Crippen LogP contribution in [0.2, 0.25) is 0 Å². The molecule has 1 amide bonds. The smallest absolute Gasteiger partial charge is 0.229 e. The number of ether oxygens (including phenoxy) is 1. The molecule has 0 radical (unpaired) electrons. The van der Waals surface area contributed by atoms with Gasteiger partial charge in [0.25, 0.3) is 0 Å². The van der Waals surface area contributed by atoms with E-state index in [0.29, 0.717) is 6.61 Å². The summed E-state index contributed by atoms with van der Waals surface area (Å²) in [5.41, 5.74) is 1.16. The lowest BCUT2D eigenvalue weighted by molar-refractivity contribution is -0.117. The molecule has 1 saturated carbocycles. The van der Waals surface area contributed by atoms with Gasteiger partial charge in [0, 0.05) is 29.5 Å². The van der Waals surface area contributed by atoms with E-state index in [1.54, 1.807) is 6.20 Å². The van der Waals surface area contributed by atoms with Crippen molar-refractivity contribution >= 4 is 11.7 Å². The van der Waals surface area contributed by atoms with E-state index in [9.17, 15) is 4.79 Å². The highest BCUT2D eigenvalue weighted by Crippen LogP contribution is 2.60. The van der Waals surface area contributed by atoms with Crippen LogP contribution < -0.4 is 10.1 Å². The van der Waals surface area contributed by atoms with Gasteiger partial charge in [-0.3, -0.25) is 4.79 Å². The Morgan fingerprint density at radius 1 is 1.43 bits per heavy atom. The third-order valence-electron chi connectivity index (χ3n) is 5.02. The minimum Gasteiger partial charge on any atom is -0.493 e. The standard InChI is InChI=1S/C18H21N3O2/c1-2-10-21-16(7-9-19-21)20-17(22)14-12-18(14)8-11-23-15-6-4-3-5-13(15)18/h3-7,9,14H,2,8,10-12H2,1H3,(H,20,22)/t14-,18-/m1/s1. The van der Waals surface area contributed by atoms with E-state index in [0.717, 1.165) is 37.4 Å². The van der Waals surface area contributed by atoms with Crippen LogP contribution in [0.25, 0.3) is 0 Å². The maximum atomic E-state index is 12.7. The molecule has 2 aliphatic rings. The molecule has 1 N–H and O–H groups in total. The molecular formula is C18H21N3O2. The number of benzene rings is 1. The van der Waals surface area contributed by atoms with Crippen molar-refractivity contribution in [3.8, 4) is 5.75 Å². The Labute approximate surface area is 135 Å². The van der Waals surface area contributed by atoms with Crippen LogP contribution in [-0.4, -0.2) is 22.3 Å². The highest BCUT2D eigenvalue weighted by molar-refractivity contribution is 5.95. The van der Waals surface area contributed by atoms with Gasteiger partial charge in [0.1, 0.15) is 11.6 Å². The number of nitrogens with zero attached hydrogens (tertiary/aromatic N) is 2. The number of anilines is 1. The molecule has 2 atom stereocenters. The number of aryl methyl sites for hydroxylation is 1. The number of carbonyl (C=O) groups is 1. The molecule has 0 unspecified atom stereocenters. The predicted octanol–water partition coefficient (Wildman–Crippen LogP) is 2.97. The van der Waals surface area contributed by atoms with E-state index in [1.165, 1.54) is 5.56 Å². The summed E-state index contributed by atoms with van der Waals surface area (Å²) in [5, 5.41) is 7.32. The molecule has 5 heteroatoms. The molecule has 2 aromatic rings. The quantitative estimate of drug-likeness (QED) is 0.944. The lowest BCUT2D eigenvalue weighted by Gasteiger charge is -2.26. The molecule has 1 aromatic carbocycles. The number of rotatable bonds is 4. The van der Waals surface area contributed by atoms with Crippen LogP contribution in [-0.2, 0) is 16.8 Å². The van der Waals surface area contributed by atoms with Crippen LogP contribution in [0.15, 0.2) is 36.5 Å². The molecule has 0 saturated heterocycles. The maximum Gasteiger partial charge on any atom is 0.229 e. The van der Waals surface area contributed by atoms with E-state index in [4.69, 9.17) is 4.74 Å². The van der Waals surface area contributed by atoms with Crippen molar-refractivity contribution in [2.45, 2.75) is 38.1 Å². The zero-order valence-electron chi connectivity index (χ0n) is 13.3. The minimum absolute atomic E-state index is 0.0255. The largest absolute Gasteiger partial charge is 0.493 e. The van der Waals surface area contributed by atoms with Gasteiger partial charge >= 0.3 is 0 Å². The Hall–Kier alpha value is -2.30. The highest BCUT2D eigenvalue weighted by atomic mass is 16.5. The van der Waals surface area contributed by atoms with Crippen LogP contribution in [0, 0.1) is 5.92 Å². The van der Waals surface area contributed by atoms with Crippen molar-refractivity contribution in [2.75, 3.05) is 11.9 Å². The Bertz CT molecular complexity index is 739. The van der Waals surface area contributed by atoms with Crippen LogP contribution in [0.1, 0.15) is 31.7 Å². The summed E-state index contributed by atoms with van der Waals surface area (Å²) >= 11 is 0. The second-order valence-corrected chi connectivity index (χ2v) is 6.44. The van der Waals surface area contributed by atoms with E-state index in [2.05, 4.69) is 23.4 Å². The summed E-state index contributed by atoms with van der Waals surface area (Å²) < 4.78 is 7.59. The predicted molar refractivity (Wildman–Crippen MR) is 87.5 cm³/mol. The van der Waals surface area contributed by atoms with Gasteiger partial charge in [-0.2, -0.15) is 5.10 Å². The molecule has 1 fully saturated rings. The van der Waals surface area contributed by atoms with Gasteiger partial charge < -0.3 is 10.1 Å². The first kappa shape index (κ1) is 14.3. The van der Waals surface area contributed by atoms with Crippen LogP contribution in [0.5, 0.6) is 5.75 Å². The normalized spacial score (nSPS) is 24.8. The second kappa shape index (κ2) is 5.41. The topological polar surface area (TPSA) is 56.2 Å². The molecule has 1 spiro atoms. The van der Waals surface area contributed by atoms with E-state index in [-0.39, 0.29) is 17.2 Å². The van der Waals surface area contributed by atoms with Crippen molar-refractivity contribution < 1.29 is 9.53 Å². The molecule has 2 heterocycles.